The fraction of sp³-hybridized carbons (Fsp3) is 0.133. The summed E-state index contributed by atoms with van der Waals surface area (Å²) in [4.78, 5) is 10.2. The highest BCUT2D eigenvalue weighted by molar-refractivity contribution is 7.92. The molecule has 0 spiro atoms. The lowest BCUT2D eigenvalue weighted by Gasteiger charge is -2.16. The van der Waals surface area contributed by atoms with E-state index < -0.39 is 68.5 Å². The summed E-state index contributed by atoms with van der Waals surface area (Å²) in [5, 5.41) is 8.88. The van der Waals surface area contributed by atoms with Gasteiger partial charge < -0.3 is 14.6 Å². The summed E-state index contributed by atoms with van der Waals surface area (Å²) < 4.78 is 112. The predicted molar refractivity (Wildman–Crippen MR) is 83.8 cm³/mol. The highest BCUT2D eigenvalue weighted by Gasteiger charge is 2.28. The summed E-state index contributed by atoms with van der Waals surface area (Å²) >= 11 is 0. The first-order valence-corrected chi connectivity index (χ1v) is 8.68. The quantitative estimate of drug-likeness (QED) is 0.602. The number of benzene rings is 2. The summed E-state index contributed by atoms with van der Waals surface area (Å²) in [6.07, 6.45) is 0. The molecule has 29 heavy (non-hydrogen) atoms. The van der Waals surface area contributed by atoms with Crippen molar-refractivity contribution in [3.63, 3.8) is 0 Å². The van der Waals surface area contributed by atoms with Crippen molar-refractivity contribution in [1.82, 2.24) is 0 Å². The third-order valence-electron chi connectivity index (χ3n) is 3.19. The normalized spacial score (nSPS) is 11.6. The molecule has 0 saturated carbocycles. The maximum absolute atomic E-state index is 14.3. The molecule has 0 heterocycles. The van der Waals surface area contributed by atoms with Gasteiger partial charge in [-0.15, -0.1) is 0 Å². The van der Waals surface area contributed by atoms with E-state index in [1.165, 1.54) is 4.72 Å². The Hall–Kier alpha value is -3.16. The van der Waals surface area contributed by atoms with Crippen LogP contribution < -0.4 is 14.2 Å². The number of sulfonamides is 1. The van der Waals surface area contributed by atoms with E-state index in [4.69, 9.17) is 5.11 Å². The van der Waals surface area contributed by atoms with Gasteiger partial charge in [0.2, 0.25) is 0 Å². The van der Waals surface area contributed by atoms with E-state index in [9.17, 15) is 39.6 Å². The molecule has 0 aromatic heterocycles. The van der Waals surface area contributed by atoms with Gasteiger partial charge in [-0.05, 0) is 18.2 Å². The minimum atomic E-state index is -4.88. The van der Waals surface area contributed by atoms with E-state index in [1.54, 1.807) is 0 Å². The molecule has 0 bridgehead atoms. The van der Waals surface area contributed by atoms with Crippen molar-refractivity contribution in [1.29, 1.82) is 0 Å². The largest absolute Gasteiger partial charge is 0.478 e. The molecule has 0 amide bonds. The standard InChI is InChI=1S/C15H9F6NO6S/c16-10-8(27-14(18)19)5-9(28-15(20)21)11(17)12(10)22-29(25,26)7-3-1-2-6(4-7)13(23)24/h1-5,14-15,22H,(H,23,24). The summed E-state index contributed by atoms with van der Waals surface area (Å²) in [7, 11) is -4.88. The number of carboxylic acids is 1. The smallest absolute Gasteiger partial charge is 0.387 e. The minimum Gasteiger partial charge on any atom is -0.478 e. The molecule has 0 fully saturated rings. The van der Waals surface area contributed by atoms with Gasteiger partial charge in [-0.2, -0.15) is 17.6 Å². The van der Waals surface area contributed by atoms with Crippen molar-refractivity contribution in [2.24, 2.45) is 0 Å². The monoisotopic (exact) mass is 445 g/mol. The number of aromatic carboxylic acids is 1. The van der Waals surface area contributed by atoms with Gasteiger partial charge in [-0.3, -0.25) is 4.72 Å². The van der Waals surface area contributed by atoms with Crippen LogP contribution in [0.3, 0.4) is 0 Å². The van der Waals surface area contributed by atoms with Crippen LogP contribution in [-0.2, 0) is 10.0 Å². The number of hydrogen-bond donors (Lipinski definition) is 2. The van der Waals surface area contributed by atoms with Crippen LogP contribution in [0.25, 0.3) is 0 Å². The van der Waals surface area contributed by atoms with E-state index in [2.05, 4.69) is 9.47 Å². The molecule has 2 aromatic carbocycles. The van der Waals surface area contributed by atoms with Crippen LogP contribution in [0, 0.1) is 11.6 Å². The van der Waals surface area contributed by atoms with Crippen LogP contribution in [0.15, 0.2) is 35.2 Å². The summed E-state index contributed by atoms with van der Waals surface area (Å²) in [6.45, 7) is -7.32. The lowest BCUT2D eigenvalue weighted by molar-refractivity contribution is -0.0571. The molecular weight excluding hydrogens is 436 g/mol. The van der Waals surface area contributed by atoms with Crippen LogP contribution in [0.4, 0.5) is 32.0 Å². The zero-order valence-electron chi connectivity index (χ0n) is 13.7. The van der Waals surface area contributed by atoms with Gasteiger partial charge in [0.1, 0.15) is 5.69 Å². The Morgan fingerprint density at radius 3 is 1.93 bits per heavy atom. The van der Waals surface area contributed by atoms with Gasteiger partial charge >= 0.3 is 19.2 Å². The van der Waals surface area contributed by atoms with Gasteiger partial charge in [-0.25, -0.2) is 22.0 Å². The lowest BCUT2D eigenvalue weighted by atomic mass is 10.2. The molecule has 0 radical (unpaired) electrons. The molecule has 2 rings (SSSR count). The molecule has 2 N–H and O–H groups in total. The van der Waals surface area contributed by atoms with Gasteiger partial charge in [0, 0.05) is 6.07 Å². The molecule has 14 heteroatoms. The van der Waals surface area contributed by atoms with Crippen LogP contribution >= 0.6 is 0 Å². The maximum Gasteiger partial charge on any atom is 0.387 e. The molecular formula is C15H9F6NO6S. The topological polar surface area (TPSA) is 102 Å². The fourth-order valence-corrected chi connectivity index (χ4v) is 3.14. The number of ether oxygens (including phenoxy) is 2. The van der Waals surface area contributed by atoms with E-state index in [0.717, 1.165) is 18.2 Å². The Morgan fingerprint density at radius 1 is 0.966 bits per heavy atom. The Bertz CT molecular complexity index is 996. The van der Waals surface area contributed by atoms with Gasteiger partial charge in [-0.1, -0.05) is 6.07 Å². The number of carboxylic acid groups (broad SMARTS) is 1. The Labute approximate surface area is 158 Å². The summed E-state index contributed by atoms with van der Waals surface area (Å²) in [5.74, 6) is -8.44. The van der Waals surface area contributed by atoms with E-state index in [1.807, 2.05) is 0 Å². The average molecular weight is 445 g/mol. The summed E-state index contributed by atoms with van der Waals surface area (Å²) in [5.41, 5.74) is -2.15. The maximum atomic E-state index is 14.3. The van der Waals surface area contributed by atoms with Crippen molar-refractivity contribution in [2.45, 2.75) is 18.1 Å². The summed E-state index contributed by atoms with van der Waals surface area (Å²) in [6, 6.07) is 3.57. The molecule has 0 atom stereocenters. The first-order valence-electron chi connectivity index (χ1n) is 7.20. The predicted octanol–water partition coefficient (Wildman–Crippen LogP) is 3.67. The van der Waals surface area contributed by atoms with Crippen LogP contribution in [0.1, 0.15) is 10.4 Å². The Kier molecular flexibility index (Phi) is 6.46. The van der Waals surface area contributed by atoms with Gasteiger partial charge in [0.05, 0.1) is 10.5 Å². The molecule has 7 nitrogen and oxygen atoms in total. The van der Waals surface area contributed by atoms with Crippen molar-refractivity contribution in [2.75, 3.05) is 4.72 Å². The van der Waals surface area contributed by atoms with Crippen LogP contribution in [0.5, 0.6) is 11.5 Å². The zero-order valence-corrected chi connectivity index (χ0v) is 14.5. The number of rotatable bonds is 8. The third kappa shape index (κ3) is 5.22. The minimum absolute atomic E-state index is 0.0475. The van der Waals surface area contributed by atoms with Crippen LogP contribution in [0.2, 0.25) is 0 Å². The number of halogens is 6. The average Bonchev–Trinajstić information content (AvgIpc) is 2.62. The van der Waals surface area contributed by atoms with Crippen molar-refractivity contribution >= 4 is 21.7 Å². The zero-order chi connectivity index (χ0) is 21.9. The highest BCUT2D eigenvalue weighted by atomic mass is 32.2. The second-order valence-corrected chi connectivity index (χ2v) is 6.75. The van der Waals surface area contributed by atoms with Gasteiger partial charge in [0.15, 0.2) is 23.1 Å². The number of anilines is 1. The van der Waals surface area contributed by atoms with Crippen LogP contribution in [-0.4, -0.2) is 32.7 Å². The van der Waals surface area contributed by atoms with E-state index >= 15 is 0 Å². The molecule has 0 aliphatic heterocycles. The molecule has 0 unspecified atom stereocenters. The highest BCUT2D eigenvalue weighted by Crippen LogP contribution is 2.37. The molecule has 2 aromatic rings. The number of carbonyl (C=O) groups is 1. The van der Waals surface area contributed by atoms with Gasteiger partial charge in [0.25, 0.3) is 10.0 Å². The number of nitrogens with one attached hydrogen (secondary N) is 1. The van der Waals surface area contributed by atoms with E-state index in [0.29, 0.717) is 6.07 Å². The molecule has 0 saturated heterocycles. The van der Waals surface area contributed by atoms with Crippen molar-refractivity contribution < 1.29 is 54.1 Å². The first kappa shape index (κ1) is 22.1. The molecule has 158 valence electrons. The van der Waals surface area contributed by atoms with Crippen molar-refractivity contribution in [3.05, 3.63) is 47.5 Å². The van der Waals surface area contributed by atoms with E-state index in [-0.39, 0.29) is 6.07 Å². The third-order valence-corrected chi connectivity index (χ3v) is 4.54. The fourth-order valence-electron chi connectivity index (χ4n) is 2.03. The number of hydrogen-bond acceptors (Lipinski definition) is 5. The SMILES string of the molecule is O=C(O)c1cccc(S(=O)(=O)Nc2c(F)c(OC(F)F)cc(OC(F)F)c2F)c1. The second kappa shape index (κ2) is 8.46. The second-order valence-electron chi connectivity index (χ2n) is 5.07. The molecule has 0 aliphatic carbocycles. The Morgan fingerprint density at radius 2 is 1.48 bits per heavy atom. The first-order chi connectivity index (χ1) is 13.4. The number of alkyl halides is 4. The van der Waals surface area contributed by atoms with Crippen molar-refractivity contribution in [3.8, 4) is 11.5 Å². The molecule has 0 aliphatic rings. The lowest BCUT2D eigenvalue weighted by Crippen LogP contribution is -2.17. The Balaban J connectivity index is 2.57.